The van der Waals surface area contributed by atoms with Crippen LogP contribution in [0.3, 0.4) is 0 Å². The number of methoxy groups -OCH3 is 1. The monoisotopic (exact) mass is 251 g/mol. The van der Waals surface area contributed by atoms with Crippen LogP contribution in [0, 0.1) is 0 Å². The molecule has 0 aliphatic heterocycles. The number of halogens is 1. The molecule has 4 nitrogen and oxygen atoms in total. The molecule has 0 aliphatic rings. The van der Waals surface area contributed by atoms with Crippen LogP contribution in [0.1, 0.15) is 10.6 Å². The molecule has 0 saturated carbocycles. The van der Waals surface area contributed by atoms with Crippen molar-refractivity contribution in [2.75, 3.05) is 12.4 Å². The second kappa shape index (κ2) is 4.93. The second-order valence-corrected chi connectivity index (χ2v) is 3.63. The van der Waals surface area contributed by atoms with Crippen LogP contribution in [0.2, 0.25) is 5.22 Å². The molecule has 1 aromatic carbocycles. The summed E-state index contributed by atoms with van der Waals surface area (Å²) < 4.78 is 10.1. The second-order valence-electron chi connectivity index (χ2n) is 3.26. The van der Waals surface area contributed by atoms with Gasteiger partial charge in [0.25, 0.3) is 5.91 Å². The van der Waals surface area contributed by atoms with Gasteiger partial charge in [0, 0.05) is 0 Å². The third-order valence-electron chi connectivity index (χ3n) is 2.15. The van der Waals surface area contributed by atoms with Crippen LogP contribution >= 0.6 is 11.6 Å². The van der Waals surface area contributed by atoms with Gasteiger partial charge in [-0.2, -0.15) is 0 Å². The van der Waals surface area contributed by atoms with E-state index in [0.29, 0.717) is 11.4 Å². The highest BCUT2D eigenvalue weighted by Crippen LogP contribution is 2.24. The molecule has 0 saturated heterocycles. The summed E-state index contributed by atoms with van der Waals surface area (Å²) in [7, 11) is 1.54. The molecule has 2 aromatic rings. The summed E-state index contributed by atoms with van der Waals surface area (Å²) in [6.07, 6.45) is 0. The maximum Gasteiger partial charge on any atom is 0.291 e. The predicted octanol–water partition coefficient (Wildman–Crippen LogP) is 3.19. The van der Waals surface area contributed by atoms with Gasteiger partial charge >= 0.3 is 0 Å². The number of carbonyl (C=O) groups is 1. The molecule has 88 valence electrons. The van der Waals surface area contributed by atoms with Gasteiger partial charge in [-0.3, -0.25) is 4.79 Å². The van der Waals surface area contributed by atoms with Crippen molar-refractivity contribution in [3.05, 3.63) is 47.4 Å². The van der Waals surface area contributed by atoms with E-state index in [4.69, 9.17) is 20.8 Å². The normalized spacial score (nSPS) is 10.0. The number of carbonyl (C=O) groups excluding carboxylic acids is 1. The van der Waals surface area contributed by atoms with Crippen LogP contribution in [0.5, 0.6) is 5.75 Å². The molecule has 1 heterocycles. The number of furan rings is 1. The summed E-state index contributed by atoms with van der Waals surface area (Å²) in [5, 5.41) is 2.85. The Morgan fingerprint density at radius 2 is 2.06 bits per heavy atom. The van der Waals surface area contributed by atoms with E-state index >= 15 is 0 Å². The molecular formula is C12H10ClNO3. The number of hydrogen-bond acceptors (Lipinski definition) is 3. The molecule has 0 spiro atoms. The summed E-state index contributed by atoms with van der Waals surface area (Å²) in [6.45, 7) is 0. The quantitative estimate of drug-likeness (QED) is 0.911. The summed E-state index contributed by atoms with van der Waals surface area (Å²) in [6, 6.07) is 10.1. The van der Waals surface area contributed by atoms with Crippen molar-refractivity contribution in [1.29, 1.82) is 0 Å². The molecule has 0 atom stereocenters. The molecule has 1 amide bonds. The highest BCUT2D eigenvalue weighted by Gasteiger charge is 2.12. The average molecular weight is 252 g/mol. The standard InChI is InChI=1S/C12H10ClNO3/c1-16-9-5-3-2-4-8(9)14-12(15)10-6-7-11(13)17-10/h2-7H,1H3,(H,14,15). The van der Waals surface area contributed by atoms with Gasteiger partial charge in [-0.05, 0) is 35.9 Å². The maximum atomic E-state index is 11.8. The first-order chi connectivity index (χ1) is 8.20. The maximum absolute atomic E-state index is 11.8. The largest absolute Gasteiger partial charge is 0.495 e. The zero-order valence-corrected chi connectivity index (χ0v) is 9.82. The van der Waals surface area contributed by atoms with Crippen LogP contribution < -0.4 is 10.1 Å². The van der Waals surface area contributed by atoms with Crippen molar-refractivity contribution in [3.63, 3.8) is 0 Å². The lowest BCUT2D eigenvalue weighted by Gasteiger charge is -2.08. The first-order valence-corrected chi connectivity index (χ1v) is 5.28. The zero-order valence-electron chi connectivity index (χ0n) is 9.07. The van der Waals surface area contributed by atoms with Crippen LogP contribution in [0.4, 0.5) is 5.69 Å². The van der Waals surface area contributed by atoms with Gasteiger partial charge in [-0.1, -0.05) is 12.1 Å². The fourth-order valence-electron chi connectivity index (χ4n) is 1.37. The van der Waals surface area contributed by atoms with Crippen molar-refractivity contribution in [3.8, 4) is 5.75 Å². The molecule has 1 N–H and O–H groups in total. The number of para-hydroxylation sites is 2. The Bertz CT molecular complexity index is 536. The Kier molecular flexibility index (Phi) is 3.35. The average Bonchev–Trinajstić information content (AvgIpc) is 2.77. The van der Waals surface area contributed by atoms with E-state index in [1.807, 2.05) is 6.07 Å². The van der Waals surface area contributed by atoms with Gasteiger partial charge in [0.2, 0.25) is 0 Å². The summed E-state index contributed by atoms with van der Waals surface area (Å²) in [5.41, 5.74) is 0.576. The number of amides is 1. The van der Waals surface area contributed by atoms with Crippen molar-refractivity contribution in [2.24, 2.45) is 0 Å². The lowest BCUT2D eigenvalue weighted by atomic mass is 10.3. The molecule has 2 rings (SSSR count). The van der Waals surface area contributed by atoms with E-state index in [2.05, 4.69) is 5.32 Å². The van der Waals surface area contributed by atoms with Gasteiger partial charge in [0.1, 0.15) is 5.75 Å². The number of nitrogens with one attached hydrogen (secondary N) is 1. The molecule has 0 fully saturated rings. The van der Waals surface area contributed by atoms with Gasteiger partial charge in [-0.25, -0.2) is 0 Å². The Morgan fingerprint density at radius 1 is 1.29 bits per heavy atom. The molecule has 5 heteroatoms. The van der Waals surface area contributed by atoms with Crippen molar-refractivity contribution in [2.45, 2.75) is 0 Å². The van der Waals surface area contributed by atoms with Crippen molar-refractivity contribution in [1.82, 2.24) is 0 Å². The third-order valence-corrected chi connectivity index (χ3v) is 2.36. The van der Waals surface area contributed by atoms with Crippen LogP contribution in [-0.2, 0) is 0 Å². The first-order valence-electron chi connectivity index (χ1n) is 4.90. The van der Waals surface area contributed by atoms with E-state index < -0.39 is 0 Å². The van der Waals surface area contributed by atoms with Crippen molar-refractivity contribution >= 4 is 23.2 Å². The molecule has 1 aromatic heterocycles. The van der Waals surface area contributed by atoms with Crippen LogP contribution in [0.15, 0.2) is 40.8 Å². The van der Waals surface area contributed by atoms with E-state index in [9.17, 15) is 4.79 Å². The minimum Gasteiger partial charge on any atom is -0.495 e. The van der Waals surface area contributed by atoms with E-state index in [0.717, 1.165) is 0 Å². The van der Waals surface area contributed by atoms with E-state index in [1.54, 1.807) is 18.2 Å². The SMILES string of the molecule is COc1ccccc1NC(=O)c1ccc(Cl)o1. The summed E-state index contributed by atoms with van der Waals surface area (Å²) in [4.78, 5) is 11.8. The number of rotatable bonds is 3. The highest BCUT2D eigenvalue weighted by molar-refractivity contribution is 6.29. The fraction of sp³-hybridized carbons (Fsp3) is 0.0833. The number of benzene rings is 1. The summed E-state index contributed by atoms with van der Waals surface area (Å²) in [5.74, 6) is 0.362. The molecule has 0 aliphatic carbocycles. The zero-order chi connectivity index (χ0) is 12.3. The van der Waals surface area contributed by atoms with Crippen LogP contribution in [0.25, 0.3) is 0 Å². The van der Waals surface area contributed by atoms with Gasteiger partial charge in [-0.15, -0.1) is 0 Å². The molecule has 0 bridgehead atoms. The fourth-order valence-corrected chi connectivity index (χ4v) is 1.51. The lowest BCUT2D eigenvalue weighted by molar-refractivity contribution is 0.0996. The number of ether oxygens (including phenoxy) is 1. The Morgan fingerprint density at radius 3 is 2.71 bits per heavy atom. The van der Waals surface area contributed by atoms with Gasteiger partial charge < -0.3 is 14.5 Å². The lowest BCUT2D eigenvalue weighted by Crippen LogP contribution is -2.11. The van der Waals surface area contributed by atoms with Crippen LogP contribution in [-0.4, -0.2) is 13.0 Å². The van der Waals surface area contributed by atoms with Gasteiger partial charge in [0.15, 0.2) is 11.0 Å². The minimum atomic E-state index is -0.374. The smallest absolute Gasteiger partial charge is 0.291 e. The van der Waals surface area contributed by atoms with E-state index in [-0.39, 0.29) is 16.9 Å². The third kappa shape index (κ3) is 2.60. The highest BCUT2D eigenvalue weighted by atomic mass is 35.5. The van der Waals surface area contributed by atoms with Crippen molar-refractivity contribution < 1.29 is 13.9 Å². The summed E-state index contributed by atoms with van der Waals surface area (Å²) >= 11 is 5.59. The Hall–Kier alpha value is -1.94. The topological polar surface area (TPSA) is 51.5 Å². The van der Waals surface area contributed by atoms with Gasteiger partial charge in [0.05, 0.1) is 12.8 Å². The molecule has 0 unspecified atom stereocenters. The van der Waals surface area contributed by atoms with E-state index in [1.165, 1.54) is 19.2 Å². The minimum absolute atomic E-state index is 0.154. The predicted molar refractivity (Wildman–Crippen MR) is 64.7 cm³/mol. The molecule has 17 heavy (non-hydrogen) atoms. The first kappa shape index (κ1) is 11.5. The number of hydrogen-bond donors (Lipinski definition) is 1. The Balaban J connectivity index is 2.18. The molecular weight excluding hydrogens is 242 g/mol. The number of anilines is 1. The molecule has 0 radical (unpaired) electrons. The Labute approximate surface area is 103 Å².